The highest BCUT2D eigenvalue weighted by molar-refractivity contribution is 6.13. The first kappa shape index (κ1) is 22.7. The van der Waals surface area contributed by atoms with Gasteiger partial charge in [-0.25, -0.2) is 0 Å². The van der Waals surface area contributed by atoms with Gasteiger partial charge < -0.3 is 18.9 Å². The smallest absolute Gasteiger partial charge is 0.312 e. The van der Waals surface area contributed by atoms with E-state index in [9.17, 15) is 9.59 Å². The number of hydrogen-bond donors (Lipinski definition) is 0. The summed E-state index contributed by atoms with van der Waals surface area (Å²) in [6.07, 6.45) is 0.905. The van der Waals surface area contributed by atoms with Crippen LogP contribution in [0.15, 0.2) is 72.0 Å². The normalized spacial score (nSPS) is 16.2. The molecular weight excluding hydrogens is 444 g/mol. The topological polar surface area (TPSA) is 71.1 Å². The number of rotatable bonds is 6. The van der Waals surface area contributed by atoms with Crippen molar-refractivity contribution in [1.29, 1.82) is 0 Å². The van der Waals surface area contributed by atoms with Crippen LogP contribution < -0.4 is 18.9 Å². The van der Waals surface area contributed by atoms with Gasteiger partial charge in [-0.1, -0.05) is 24.3 Å². The van der Waals surface area contributed by atoms with Gasteiger partial charge in [0.1, 0.15) is 23.0 Å². The van der Waals surface area contributed by atoms with Crippen LogP contribution in [0.3, 0.4) is 0 Å². The van der Waals surface area contributed by atoms with Crippen molar-refractivity contribution in [3.63, 3.8) is 0 Å². The summed E-state index contributed by atoms with van der Waals surface area (Å²) < 4.78 is 22.8. The highest BCUT2D eigenvalue weighted by Gasteiger charge is 2.38. The summed E-state index contributed by atoms with van der Waals surface area (Å²) >= 11 is 0. The number of hydrogen-bond acceptors (Lipinski definition) is 6. The van der Waals surface area contributed by atoms with Gasteiger partial charge in [0.25, 0.3) is 0 Å². The summed E-state index contributed by atoms with van der Waals surface area (Å²) in [6, 6.07) is 19.0. The zero-order chi connectivity index (χ0) is 24.5. The maximum atomic E-state index is 12.8. The van der Waals surface area contributed by atoms with Crippen molar-refractivity contribution in [2.24, 2.45) is 0 Å². The average Bonchev–Trinajstić information content (AvgIpc) is 3.21. The number of carbonyl (C=O) groups is 2. The van der Waals surface area contributed by atoms with Crippen LogP contribution in [0.25, 0.3) is 0 Å². The molecule has 3 aromatic carbocycles. The predicted octanol–water partition coefficient (Wildman–Crippen LogP) is 5.63. The van der Waals surface area contributed by atoms with Gasteiger partial charge in [-0.15, -0.1) is 0 Å². The number of carbonyl (C=O) groups excluding carboxylic acids is 2. The second-order valence-corrected chi connectivity index (χ2v) is 8.86. The molecule has 0 aliphatic carbocycles. The zero-order valence-corrected chi connectivity index (χ0v) is 19.9. The van der Waals surface area contributed by atoms with Crippen LogP contribution in [0, 0.1) is 0 Å². The SMILES string of the molecule is COc1ccc(CCOc2cccc([C@@H]3CC(=O)Oc4ccc5c(c43)OC(=C(C)C)C5=O)c2)cc1. The van der Waals surface area contributed by atoms with Crippen molar-refractivity contribution in [3.8, 4) is 23.0 Å². The molecule has 0 N–H and O–H groups in total. The number of fused-ring (bicyclic) bond motifs is 3. The minimum absolute atomic E-state index is 0.144. The fraction of sp³-hybridized carbons (Fsp3) is 0.241. The van der Waals surface area contributed by atoms with E-state index in [0.717, 1.165) is 34.4 Å². The Kier molecular flexibility index (Phi) is 6.03. The first-order chi connectivity index (χ1) is 16.9. The highest BCUT2D eigenvalue weighted by atomic mass is 16.5. The molecule has 3 aromatic rings. The van der Waals surface area contributed by atoms with Gasteiger partial charge in [-0.3, -0.25) is 9.59 Å². The zero-order valence-electron chi connectivity index (χ0n) is 19.9. The van der Waals surface area contributed by atoms with Crippen molar-refractivity contribution >= 4 is 11.8 Å². The third-order valence-electron chi connectivity index (χ3n) is 6.29. The van der Waals surface area contributed by atoms with E-state index in [1.165, 1.54) is 0 Å². The summed E-state index contributed by atoms with van der Waals surface area (Å²) in [5, 5.41) is 0. The number of methoxy groups -OCH3 is 1. The standard InChI is InChI=1S/C29H26O6/c1-17(2)28-27(31)22-11-12-24-26(29(22)35-28)23(16-25(30)34-24)19-5-4-6-21(15-19)33-14-13-18-7-9-20(32-3)10-8-18/h4-12,15,23H,13-14,16H2,1-3H3/t23-/m0/s1. The molecule has 0 radical (unpaired) electrons. The van der Waals surface area contributed by atoms with Gasteiger partial charge in [0.05, 0.1) is 25.7 Å². The van der Waals surface area contributed by atoms with Crippen LogP contribution in [0.4, 0.5) is 0 Å². The van der Waals surface area contributed by atoms with Crippen molar-refractivity contribution < 1.29 is 28.5 Å². The molecule has 0 saturated carbocycles. The molecule has 0 unspecified atom stereocenters. The second-order valence-electron chi connectivity index (χ2n) is 8.86. The Morgan fingerprint density at radius 2 is 1.77 bits per heavy atom. The van der Waals surface area contributed by atoms with Gasteiger partial charge in [-0.2, -0.15) is 0 Å². The van der Waals surface area contributed by atoms with Crippen LogP contribution in [-0.4, -0.2) is 25.5 Å². The molecule has 1 atom stereocenters. The Morgan fingerprint density at radius 1 is 0.971 bits per heavy atom. The molecule has 178 valence electrons. The molecule has 2 heterocycles. The lowest BCUT2D eigenvalue weighted by atomic mass is 9.84. The Balaban J connectivity index is 1.40. The number of ether oxygens (including phenoxy) is 4. The molecule has 0 aromatic heterocycles. The number of benzene rings is 3. The van der Waals surface area contributed by atoms with Crippen LogP contribution in [0.2, 0.25) is 0 Å². The maximum Gasteiger partial charge on any atom is 0.312 e. The Bertz CT molecular complexity index is 1330. The number of esters is 1. The van der Waals surface area contributed by atoms with E-state index < -0.39 is 0 Å². The van der Waals surface area contributed by atoms with Crippen molar-refractivity contribution in [2.75, 3.05) is 13.7 Å². The Hall–Kier alpha value is -4.06. The summed E-state index contributed by atoms with van der Waals surface area (Å²) in [7, 11) is 1.65. The van der Waals surface area contributed by atoms with Gasteiger partial charge in [0.2, 0.25) is 5.78 Å². The monoisotopic (exact) mass is 470 g/mol. The van der Waals surface area contributed by atoms with E-state index in [4.69, 9.17) is 18.9 Å². The molecule has 0 bridgehead atoms. The third kappa shape index (κ3) is 4.39. The Morgan fingerprint density at radius 3 is 2.51 bits per heavy atom. The van der Waals surface area contributed by atoms with Gasteiger partial charge in [0, 0.05) is 17.9 Å². The van der Waals surface area contributed by atoms with Crippen LogP contribution in [0.5, 0.6) is 23.0 Å². The third-order valence-corrected chi connectivity index (χ3v) is 6.29. The molecule has 2 aliphatic heterocycles. The van der Waals surface area contributed by atoms with Crippen molar-refractivity contribution in [3.05, 3.63) is 94.2 Å². The minimum Gasteiger partial charge on any atom is -0.497 e. The molecule has 5 rings (SSSR count). The van der Waals surface area contributed by atoms with E-state index in [-0.39, 0.29) is 24.1 Å². The molecule has 6 nitrogen and oxygen atoms in total. The molecule has 0 saturated heterocycles. The fourth-order valence-corrected chi connectivity index (χ4v) is 4.51. The molecule has 6 heteroatoms. The average molecular weight is 471 g/mol. The summed E-state index contributed by atoms with van der Waals surface area (Å²) in [5.74, 6) is 2.00. The van der Waals surface area contributed by atoms with Gasteiger partial charge in [-0.05, 0) is 66.9 Å². The molecular formula is C29H26O6. The summed E-state index contributed by atoms with van der Waals surface area (Å²) in [4.78, 5) is 25.3. The maximum absolute atomic E-state index is 12.8. The molecule has 0 fully saturated rings. The summed E-state index contributed by atoms with van der Waals surface area (Å²) in [6.45, 7) is 4.20. The van der Waals surface area contributed by atoms with Crippen LogP contribution in [-0.2, 0) is 11.2 Å². The minimum atomic E-state index is -0.319. The largest absolute Gasteiger partial charge is 0.497 e. The Labute approximate surface area is 204 Å². The molecule has 2 aliphatic rings. The number of ketones is 1. The van der Waals surface area contributed by atoms with E-state index >= 15 is 0 Å². The van der Waals surface area contributed by atoms with Gasteiger partial charge >= 0.3 is 5.97 Å². The number of Topliss-reactive ketones (excluding diaryl/α,β-unsaturated/α-hetero) is 1. The quantitative estimate of drug-likeness (QED) is 0.264. The number of allylic oxidation sites excluding steroid dienone is 2. The van der Waals surface area contributed by atoms with E-state index in [1.807, 2.05) is 62.4 Å². The van der Waals surface area contributed by atoms with E-state index in [2.05, 4.69) is 0 Å². The van der Waals surface area contributed by atoms with E-state index in [0.29, 0.717) is 35.2 Å². The fourth-order valence-electron chi connectivity index (χ4n) is 4.51. The van der Waals surface area contributed by atoms with Crippen LogP contribution in [0.1, 0.15) is 53.2 Å². The van der Waals surface area contributed by atoms with E-state index in [1.54, 1.807) is 19.2 Å². The predicted molar refractivity (Wildman–Crippen MR) is 131 cm³/mol. The molecule has 0 amide bonds. The first-order valence-electron chi connectivity index (χ1n) is 11.6. The lowest BCUT2D eigenvalue weighted by molar-refractivity contribution is -0.135. The lowest BCUT2D eigenvalue weighted by Crippen LogP contribution is -2.21. The first-order valence-corrected chi connectivity index (χ1v) is 11.6. The highest BCUT2D eigenvalue weighted by Crippen LogP contribution is 2.49. The lowest BCUT2D eigenvalue weighted by Gasteiger charge is -2.26. The second kappa shape index (κ2) is 9.29. The van der Waals surface area contributed by atoms with Crippen molar-refractivity contribution in [2.45, 2.75) is 32.6 Å². The van der Waals surface area contributed by atoms with Gasteiger partial charge in [0.15, 0.2) is 5.76 Å². The van der Waals surface area contributed by atoms with Crippen LogP contribution >= 0.6 is 0 Å². The van der Waals surface area contributed by atoms with Crippen molar-refractivity contribution in [1.82, 2.24) is 0 Å². The molecule has 35 heavy (non-hydrogen) atoms. The molecule has 0 spiro atoms. The summed E-state index contributed by atoms with van der Waals surface area (Å²) in [5.41, 5.74) is 4.08.